The Balaban J connectivity index is 1.67. The molecule has 3 rings (SSSR count). The molecule has 1 N–H and O–H groups in total. The minimum Gasteiger partial charge on any atom is -0.493 e. The fraction of sp³-hybridized carbons (Fsp3) is 0.519. The van der Waals surface area contributed by atoms with Gasteiger partial charge in [0.1, 0.15) is 5.75 Å². The first kappa shape index (κ1) is 27.9. The lowest BCUT2D eigenvalue weighted by atomic mass is 9.88. The van der Waals surface area contributed by atoms with Gasteiger partial charge >= 0.3 is 12.1 Å². The molecule has 1 saturated heterocycles. The first-order valence-corrected chi connectivity index (χ1v) is 12.1. The first-order valence-electron chi connectivity index (χ1n) is 12.1. The fourth-order valence-corrected chi connectivity index (χ4v) is 4.59. The van der Waals surface area contributed by atoms with E-state index in [4.69, 9.17) is 9.84 Å². The van der Waals surface area contributed by atoms with Gasteiger partial charge in [-0.3, -0.25) is 9.69 Å². The zero-order chi connectivity index (χ0) is 26.7. The molecule has 1 aliphatic heterocycles. The summed E-state index contributed by atoms with van der Waals surface area (Å²) in [5.41, 5.74) is -0.552. The second-order valence-electron chi connectivity index (χ2n) is 9.50. The molecule has 2 atom stereocenters. The number of rotatable bonds is 11. The number of halogens is 5. The molecule has 198 valence electrons. The lowest BCUT2D eigenvalue weighted by Gasteiger charge is -2.45. The van der Waals surface area contributed by atoms with Crippen molar-refractivity contribution >= 4 is 5.97 Å². The van der Waals surface area contributed by atoms with Crippen LogP contribution in [0.4, 0.5) is 22.0 Å². The van der Waals surface area contributed by atoms with Crippen LogP contribution in [0.3, 0.4) is 0 Å². The Hall–Kier alpha value is -2.68. The molecule has 2 aromatic rings. The van der Waals surface area contributed by atoms with Crippen LogP contribution < -0.4 is 4.74 Å². The summed E-state index contributed by atoms with van der Waals surface area (Å²) >= 11 is 0. The third-order valence-electron chi connectivity index (χ3n) is 6.74. The Kier molecular flexibility index (Phi) is 8.64. The molecular weight excluding hydrogens is 481 g/mol. The minimum absolute atomic E-state index is 0.0789. The number of carboxylic acids is 1. The summed E-state index contributed by atoms with van der Waals surface area (Å²) in [5.74, 6) is -3.92. The summed E-state index contributed by atoms with van der Waals surface area (Å²) in [4.78, 5) is 13.0. The number of ether oxygens (including phenoxy) is 1. The van der Waals surface area contributed by atoms with Gasteiger partial charge in [-0.2, -0.15) is 13.2 Å². The predicted molar refractivity (Wildman–Crippen MR) is 126 cm³/mol. The topological polar surface area (TPSA) is 49.8 Å². The zero-order valence-corrected chi connectivity index (χ0v) is 20.6. The number of hydrogen-bond acceptors (Lipinski definition) is 3. The summed E-state index contributed by atoms with van der Waals surface area (Å²) in [6.45, 7) is 6.01. The number of carbonyl (C=O) groups is 1. The van der Waals surface area contributed by atoms with Gasteiger partial charge in [0.05, 0.1) is 18.1 Å². The van der Waals surface area contributed by atoms with Crippen LogP contribution in [0.25, 0.3) is 0 Å². The van der Waals surface area contributed by atoms with E-state index in [1.54, 1.807) is 32.0 Å². The molecule has 1 unspecified atom stereocenters. The average molecular weight is 514 g/mol. The molecule has 0 bridgehead atoms. The van der Waals surface area contributed by atoms with E-state index in [1.165, 1.54) is 6.92 Å². The largest absolute Gasteiger partial charge is 0.493 e. The van der Waals surface area contributed by atoms with Crippen LogP contribution in [0.1, 0.15) is 61.9 Å². The summed E-state index contributed by atoms with van der Waals surface area (Å²) in [6.07, 6.45) is -4.41. The molecule has 0 amide bonds. The molecule has 0 radical (unpaired) electrons. The van der Waals surface area contributed by atoms with Gasteiger partial charge in [0.25, 0.3) is 5.92 Å². The van der Waals surface area contributed by atoms with E-state index in [0.717, 1.165) is 23.8 Å². The Morgan fingerprint density at radius 3 is 2.39 bits per heavy atom. The summed E-state index contributed by atoms with van der Waals surface area (Å²) < 4.78 is 75.6. The van der Waals surface area contributed by atoms with Crippen molar-refractivity contribution in [2.45, 2.75) is 58.2 Å². The van der Waals surface area contributed by atoms with Crippen LogP contribution in [0.2, 0.25) is 0 Å². The van der Waals surface area contributed by atoms with Crippen molar-refractivity contribution in [1.29, 1.82) is 0 Å². The smallest absolute Gasteiger partial charge is 0.416 e. The molecule has 0 saturated carbocycles. The van der Waals surface area contributed by atoms with Crippen molar-refractivity contribution in [3.63, 3.8) is 0 Å². The maximum absolute atomic E-state index is 14.3. The van der Waals surface area contributed by atoms with Gasteiger partial charge < -0.3 is 9.84 Å². The molecular formula is C27H32F5NO3. The summed E-state index contributed by atoms with van der Waals surface area (Å²) in [6, 6.07) is 9.22. The monoisotopic (exact) mass is 513 g/mol. The molecule has 0 aliphatic carbocycles. The van der Waals surface area contributed by atoms with E-state index in [9.17, 15) is 26.7 Å². The molecule has 36 heavy (non-hydrogen) atoms. The van der Waals surface area contributed by atoms with Crippen molar-refractivity contribution in [2.24, 2.45) is 11.8 Å². The van der Waals surface area contributed by atoms with Gasteiger partial charge in [-0.15, -0.1) is 0 Å². The number of aliphatic carboxylic acids is 1. The second kappa shape index (κ2) is 11.2. The Morgan fingerprint density at radius 2 is 1.81 bits per heavy atom. The number of nitrogens with zero attached hydrogens (tertiary/aromatic N) is 1. The summed E-state index contributed by atoms with van der Waals surface area (Å²) in [5, 5.41) is 9.09. The molecule has 9 heteroatoms. The van der Waals surface area contributed by atoms with Crippen molar-refractivity contribution < 1.29 is 36.6 Å². The van der Waals surface area contributed by atoms with E-state index in [1.807, 2.05) is 11.0 Å². The van der Waals surface area contributed by atoms with Gasteiger partial charge in [0.15, 0.2) is 0 Å². The normalized spacial score (nSPS) is 16.9. The molecule has 0 spiro atoms. The fourth-order valence-electron chi connectivity index (χ4n) is 4.59. The summed E-state index contributed by atoms with van der Waals surface area (Å²) in [7, 11) is 0. The number of likely N-dealkylation sites (tertiary alicyclic amines) is 1. The van der Waals surface area contributed by atoms with Gasteiger partial charge in [0.2, 0.25) is 0 Å². The Bertz CT molecular complexity index is 1050. The molecule has 1 heterocycles. The lowest BCUT2D eigenvalue weighted by Crippen LogP contribution is -2.50. The van der Waals surface area contributed by atoms with E-state index in [2.05, 4.69) is 0 Å². The number of carboxylic acid groups (broad SMARTS) is 1. The van der Waals surface area contributed by atoms with Crippen molar-refractivity contribution in [3.8, 4) is 5.75 Å². The highest BCUT2D eigenvalue weighted by Gasteiger charge is 2.41. The van der Waals surface area contributed by atoms with Gasteiger partial charge in [-0.25, -0.2) is 8.78 Å². The second-order valence-corrected chi connectivity index (χ2v) is 9.50. The van der Waals surface area contributed by atoms with Crippen molar-refractivity contribution in [3.05, 3.63) is 64.7 Å². The maximum atomic E-state index is 14.3. The van der Waals surface area contributed by atoms with Crippen LogP contribution in [-0.4, -0.2) is 35.7 Å². The van der Waals surface area contributed by atoms with E-state index >= 15 is 0 Å². The Labute approximate surface area is 208 Å². The van der Waals surface area contributed by atoms with Gasteiger partial charge in [-0.05, 0) is 48.2 Å². The van der Waals surface area contributed by atoms with Crippen LogP contribution in [0.15, 0.2) is 42.5 Å². The standard InChI is InChI=1S/C27H32F5NO3/c1-4-24(22-13-20(26(28,29)5-2)9-10-23(22)27(30,31)32)33-14-19(15-33)16-36-21-8-6-7-18(12-21)11-17(3)25(34)35/h6-10,12-13,17,19,24H,4-5,11,14-16H2,1-3H3,(H,34,35)/t17-,24?/m0/s1. The predicted octanol–water partition coefficient (Wildman–Crippen LogP) is 6.93. The number of hydrogen-bond donors (Lipinski definition) is 1. The lowest BCUT2D eigenvalue weighted by molar-refractivity contribution is -0.141. The van der Waals surface area contributed by atoms with E-state index in [0.29, 0.717) is 38.3 Å². The average Bonchev–Trinajstić information content (AvgIpc) is 2.79. The quantitative estimate of drug-likeness (QED) is 0.331. The first-order chi connectivity index (χ1) is 16.9. The Morgan fingerprint density at radius 1 is 1.11 bits per heavy atom. The minimum atomic E-state index is -4.64. The van der Waals surface area contributed by atoms with Crippen molar-refractivity contribution in [1.82, 2.24) is 4.90 Å². The highest BCUT2D eigenvalue weighted by Crippen LogP contribution is 2.42. The zero-order valence-electron chi connectivity index (χ0n) is 20.6. The highest BCUT2D eigenvalue weighted by molar-refractivity contribution is 5.69. The van der Waals surface area contributed by atoms with Crippen LogP contribution in [-0.2, 0) is 23.3 Å². The molecule has 1 fully saturated rings. The molecule has 1 aliphatic rings. The van der Waals surface area contributed by atoms with E-state index < -0.39 is 47.6 Å². The van der Waals surface area contributed by atoms with Crippen LogP contribution in [0, 0.1) is 11.8 Å². The molecule has 4 nitrogen and oxygen atoms in total. The van der Waals surface area contributed by atoms with Gasteiger partial charge in [-0.1, -0.05) is 39.0 Å². The van der Waals surface area contributed by atoms with E-state index in [-0.39, 0.29) is 11.5 Å². The third kappa shape index (κ3) is 6.55. The number of alkyl halides is 5. The van der Waals surface area contributed by atoms with Gasteiger partial charge in [0, 0.05) is 37.0 Å². The van der Waals surface area contributed by atoms with Crippen LogP contribution in [0.5, 0.6) is 5.75 Å². The number of benzene rings is 2. The third-order valence-corrected chi connectivity index (χ3v) is 6.74. The van der Waals surface area contributed by atoms with Crippen molar-refractivity contribution in [2.75, 3.05) is 19.7 Å². The SMILES string of the molecule is CCC(c1cc(C(F)(F)CC)ccc1C(F)(F)F)N1CC(COc2cccc(C[C@H](C)C(=O)O)c2)C1. The molecule has 2 aromatic carbocycles. The maximum Gasteiger partial charge on any atom is 0.416 e. The molecule has 0 aromatic heterocycles. The highest BCUT2D eigenvalue weighted by atomic mass is 19.4. The van der Waals surface area contributed by atoms with Crippen LogP contribution >= 0.6 is 0 Å².